The lowest BCUT2D eigenvalue weighted by Gasteiger charge is -2.27. The second kappa shape index (κ2) is 9.70. The Bertz CT molecular complexity index is 1080. The minimum Gasteiger partial charge on any atom is -0.359 e. The Morgan fingerprint density at radius 1 is 1.09 bits per heavy atom. The van der Waals surface area contributed by atoms with Crippen molar-refractivity contribution < 1.29 is 17.6 Å². The Kier molecular flexibility index (Phi) is 7.39. The standard InChI is InChI=1S/C22H23ClF4N4S/c1-5-6-31(12(2)3)21-20(14-7-15(22(25,26)27)9-16(24)8-14)30-19(32-21)11-17-10-18(23)29-13(4)28-17/h7-10,12H,5-6,11H2,1-4H3. The Hall–Kier alpha value is -2.26. The van der Waals surface area contributed by atoms with Crippen LogP contribution in [-0.2, 0) is 12.6 Å². The lowest BCUT2D eigenvalue weighted by molar-refractivity contribution is -0.137. The topological polar surface area (TPSA) is 41.9 Å². The first kappa shape index (κ1) is 24.4. The zero-order chi connectivity index (χ0) is 23.6. The van der Waals surface area contributed by atoms with Crippen LogP contribution < -0.4 is 4.90 Å². The summed E-state index contributed by atoms with van der Waals surface area (Å²) in [5, 5.41) is 1.65. The average molecular weight is 487 g/mol. The molecular weight excluding hydrogens is 464 g/mol. The van der Waals surface area contributed by atoms with Gasteiger partial charge in [0.15, 0.2) is 0 Å². The Morgan fingerprint density at radius 3 is 2.41 bits per heavy atom. The van der Waals surface area contributed by atoms with Gasteiger partial charge >= 0.3 is 6.18 Å². The van der Waals surface area contributed by atoms with E-state index < -0.39 is 17.6 Å². The number of alkyl halides is 3. The zero-order valence-electron chi connectivity index (χ0n) is 18.1. The molecule has 0 aliphatic heterocycles. The van der Waals surface area contributed by atoms with Crippen LogP contribution in [-0.4, -0.2) is 27.5 Å². The van der Waals surface area contributed by atoms with Gasteiger partial charge in [0.25, 0.3) is 0 Å². The van der Waals surface area contributed by atoms with Crippen molar-refractivity contribution in [2.45, 2.75) is 52.8 Å². The molecule has 0 fully saturated rings. The van der Waals surface area contributed by atoms with Gasteiger partial charge in [-0.2, -0.15) is 13.2 Å². The normalized spacial score (nSPS) is 11.9. The number of nitrogens with zero attached hydrogens (tertiary/aromatic N) is 4. The van der Waals surface area contributed by atoms with E-state index in [0.717, 1.165) is 18.6 Å². The second-order valence-electron chi connectivity index (χ2n) is 7.68. The van der Waals surface area contributed by atoms with Crippen LogP contribution in [0.2, 0.25) is 5.15 Å². The number of aryl methyl sites for hydroxylation is 1. The van der Waals surface area contributed by atoms with Gasteiger partial charge < -0.3 is 4.90 Å². The molecule has 10 heteroatoms. The van der Waals surface area contributed by atoms with Crippen LogP contribution in [0.5, 0.6) is 0 Å². The first-order valence-corrected chi connectivity index (χ1v) is 11.3. The Morgan fingerprint density at radius 2 is 1.81 bits per heavy atom. The molecule has 0 saturated carbocycles. The summed E-state index contributed by atoms with van der Waals surface area (Å²) >= 11 is 7.40. The number of halogens is 5. The molecule has 2 heterocycles. The molecule has 32 heavy (non-hydrogen) atoms. The fourth-order valence-electron chi connectivity index (χ4n) is 3.37. The molecule has 3 aromatic rings. The van der Waals surface area contributed by atoms with E-state index in [2.05, 4.69) is 19.9 Å². The van der Waals surface area contributed by atoms with E-state index in [-0.39, 0.29) is 11.6 Å². The molecule has 0 aliphatic carbocycles. The van der Waals surface area contributed by atoms with Crippen LogP contribution in [0.1, 0.15) is 49.3 Å². The molecule has 0 unspecified atom stereocenters. The van der Waals surface area contributed by atoms with Gasteiger partial charge in [0.1, 0.15) is 32.5 Å². The number of benzene rings is 1. The first-order chi connectivity index (χ1) is 15.0. The maximum Gasteiger partial charge on any atom is 0.416 e. The highest BCUT2D eigenvalue weighted by Gasteiger charge is 2.32. The monoisotopic (exact) mass is 486 g/mol. The fourth-order valence-corrected chi connectivity index (χ4v) is 4.88. The molecule has 0 spiro atoms. The van der Waals surface area contributed by atoms with E-state index >= 15 is 0 Å². The van der Waals surface area contributed by atoms with Crippen LogP contribution >= 0.6 is 22.9 Å². The molecule has 3 rings (SSSR count). The first-order valence-electron chi connectivity index (χ1n) is 10.1. The molecule has 2 aromatic heterocycles. The van der Waals surface area contributed by atoms with Gasteiger partial charge in [0, 0.05) is 24.6 Å². The molecule has 4 nitrogen and oxygen atoms in total. The van der Waals surface area contributed by atoms with Crippen molar-refractivity contribution in [1.82, 2.24) is 15.0 Å². The molecule has 1 aromatic carbocycles. The van der Waals surface area contributed by atoms with Crippen molar-refractivity contribution >= 4 is 27.9 Å². The summed E-state index contributed by atoms with van der Waals surface area (Å²) in [7, 11) is 0. The minimum absolute atomic E-state index is 0.0772. The highest BCUT2D eigenvalue weighted by molar-refractivity contribution is 7.16. The SMILES string of the molecule is CCCN(c1sc(Cc2cc(Cl)nc(C)n2)nc1-c1cc(F)cc(C(F)(F)F)c1)C(C)C. The summed E-state index contributed by atoms with van der Waals surface area (Å²) in [5.74, 6) is -0.445. The van der Waals surface area contributed by atoms with Crippen molar-refractivity contribution in [2.24, 2.45) is 0 Å². The van der Waals surface area contributed by atoms with Crippen molar-refractivity contribution in [3.8, 4) is 11.3 Å². The number of hydrogen-bond donors (Lipinski definition) is 0. The molecule has 0 atom stereocenters. The third-order valence-corrected chi connectivity index (χ3v) is 5.98. The maximum absolute atomic E-state index is 14.2. The van der Waals surface area contributed by atoms with Crippen molar-refractivity contribution in [3.63, 3.8) is 0 Å². The van der Waals surface area contributed by atoms with E-state index in [4.69, 9.17) is 11.6 Å². The number of aromatic nitrogens is 3. The van der Waals surface area contributed by atoms with Gasteiger partial charge in [0.05, 0.1) is 11.3 Å². The predicted octanol–water partition coefficient (Wildman–Crippen LogP) is 6.94. The smallest absolute Gasteiger partial charge is 0.359 e. The summed E-state index contributed by atoms with van der Waals surface area (Å²) in [6, 6.07) is 4.24. The summed E-state index contributed by atoms with van der Waals surface area (Å²) in [6.45, 7) is 8.43. The molecule has 0 bridgehead atoms. The predicted molar refractivity (Wildman–Crippen MR) is 120 cm³/mol. The highest BCUT2D eigenvalue weighted by Crippen LogP contribution is 2.40. The molecular formula is C22H23ClF4N4S. The Balaban J connectivity index is 2.14. The summed E-state index contributed by atoms with van der Waals surface area (Å²) in [4.78, 5) is 15.1. The van der Waals surface area contributed by atoms with Gasteiger partial charge in [-0.05, 0) is 51.5 Å². The summed E-state index contributed by atoms with van der Waals surface area (Å²) in [5.41, 5.74) is 0.0245. The van der Waals surface area contributed by atoms with E-state index in [1.54, 1.807) is 13.0 Å². The molecule has 0 N–H and O–H groups in total. The van der Waals surface area contributed by atoms with Crippen LogP contribution in [0.4, 0.5) is 22.6 Å². The fraction of sp³-hybridized carbons (Fsp3) is 0.409. The molecule has 172 valence electrons. The van der Waals surface area contributed by atoms with Crippen LogP contribution in [0.15, 0.2) is 24.3 Å². The lowest BCUT2D eigenvalue weighted by atomic mass is 10.1. The quantitative estimate of drug-likeness (QED) is 0.268. The summed E-state index contributed by atoms with van der Waals surface area (Å²) < 4.78 is 54.1. The molecule has 0 amide bonds. The van der Waals surface area contributed by atoms with E-state index in [9.17, 15) is 17.6 Å². The maximum atomic E-state index is 14.2. The van der Waals surface area contributed by atoms with Crippen molar-refractivity contribution in [1.29, 1.82) is 0 Å². The Labute approximate surface area is 193 Å². The average Bonchev–Trinajstić information content (AvgIpc) is 3.07. The van der Waals surface area contributed by atoms with Gasteiger partial charge in [0.2, 0.25) is 0 Å². The van der Waals surface area contributed by atoms with Gasteiger partial charge in [-0.1, -0.05) is 18.5 Å². The van der Waals surface area contributed by atoms with E-state index in [0.29, 0.717) is 51.4 Å². The third-order valence-electron chi connectivity index (χ3n) is 4.69. The van der Waals surface area contributed by atoms with Gasteiger partial charge in [-0.15, -0.1) is 11.3 Å². The third kappa shape index (κ3) is 5.75. The molecule has 0 saturated heterocycles. The van der Waals surface area contributed by atoms with Crippen molar-refractivity contribution in [3.05, 3.63) is 57.3 Å². The lowest BCUT2D eigenvalue weighted by Crippen LogP contribution is -2.31. The zero-order valence-corrected chi connectivity index (χ0v) is 19.7. The van der Waals surface area contributed by atoms with Gasteiger partial charge in [-0.3, -0.25) is 0 Å². The molecule has 0 aliphatic rings. The number of thiazole rings is 1. The highest BCUT2D eigenvalue weighted by atomic mass is 35.5. The number of rotatable bonds is 7. The second-order valence-corrected chi connectivity index (χ2v) is 9.13. The van der Waals surface area contributed by atoms with Gasteiger partial charge in [-0.25, -0.2) is 19.3 Å². The number of anilines is 1. The summed E-state index contributed by atoms with van der Waals surface area (Å²) in [6.07, 6.45) is -3.49. The van der Waals surface area contributed by atoms with E-state index in [1.807, 2.05) is 20.8 Å². The number of hydrogen-bond acceptors (Lipinski definition) is 5. The van der Waals surface area contributed by atoms with Crippen LogP contribution in [0.3, 0.4) is 0 Å². The van der Waals surface area contributed by atoms with E-state index in [1.165, 1.54) is 11.3 Å². The largest absolute Gasteiger partial charge is 0.416 e. The molecule has 0 radical (unpaired) electrons. The van der Waals surface area contributed by atoms with Crippen molar-refractivity contribution in [2.75, 3.05) is 11.4 Å². The van der Waals surface area contributed by atoms with Crippen LogP contribution in [0, 0.1) is 12.7 Å². The van der Waals surface area contributed by atoms with Crippen LogP contribution in [0.25, 0.3) is 11.3 Å². The minimum atomic E-state index is -4.66.